The number of ether oxygens (including phenoxy) is 3. The Morgan fingerprint density at radius 3 is 2.46 bits per heavy atom. The number of nitrogens with zero attached hydrogens (tertiary/aromatic N) is 1. The van der Waals surface area contributed by atoms with Crippen LogP contribution in [-0.2, 0) is 9.59 Å². The molecule has 9 heteroatoms. The Kier molecular flexibility index (Phi) is 4.40. The van der Waals surface area contributed by atoms with Crippen molar-refractivity contribution in [2.75, 3.05) is 18.8 Å². The maximum atomic E-state index is 12.9. The normalized spacial score (nSPS) is 17.1. The third kappa shape index (κ3) is 3.03. The molecule has 2 heterocycles. The van der Waals surface area contributed by atoms with E-state index in [4.69, 9.17) is 25.8 Å². The van der Waals surface area contributed by atoms with Gasteiger partial charge in [-0.05, 0) is 42.0 Å². The minimum atomic E-state index is -0.839. The van der Waals surface area contributed by atoms with Gasteiger partial charge in [0, 0.05) is 6.07 Å². The first kappa shape index (κ1) is 17.9. The van der Waals surface area contributed by atoms with Crippen LogP contribution in [-0.4, -0.2) is 31.7 Å². The number of fused-ring (bicyclic) bond motifs is 1. The standard InChI is InChI=1S/C19H13ClN2O6/c1-26-12-4-2-11(3-5-12)22-18(24)13(17(23)21-19(22)25)6-10-7-15-16(8-14(10)20)28-9-27-15/h2-8H,9H2,1H3,(H,21,23,25). The number of benzene rings is 2. The third-order valence-electron chi connectivity index (χ3n) is 4.22. The number of rotatable bonds is 3. The number of urea groups is 1. The molecular formula is C19H13ClN2O6. The van der Waals surface area contributed by atoms with Crippen molar-refractivity contribution in [3.8, 4) is 17.2 Å². The summed E-state index contributed by atoms with van der Waals surface area (Å²) in [5.74, 6) is -0.0987. The summed E-state index contributed by atoms with van der Waals surface area (Å²) in [5.41, 5.74) is 0.433. The molecule has 0 atom stereocenters. The number of imide groups is 2. The van der Waals surface area contributed by atoms with Crippen LogP contribution < -0.4 is 24.4 Å². The Bertz CT molecular complexity index is 1030. The molecule has 0 spiro atoms. The highest BCUT2D eigenvalue weighted by molar-refractivity contribution is 6.40. The fraction of sp³-hybridized carbons (Fsp3) is 0.105. The Morgan fingerprint density at radius 2 is 1.79 bits per heavy atom. The largest absolute Gasteiger partial charge is 0.497 e. The van der Waals surface area contributed by atoms with Crippen LogP contribution >= 0.6 is 11.6 Å². The van der Waals surface area contributed by atoms with Gasteiger partial charge in [-0.1, -0.05) is 11.6 Å². The number of amides is 4. The van der Waals surface area contributed by atoms with Gasteiger partial charge < -0.3 is 14.2 Å². The number of nitrogens with one attached hydrogen (secondary N) is 1. The summed E-state index contributed by atoms with van der Waals surface area (Å²) in [4.78, 5) is 38.3. The molecule has 1 saturated heterocycles. The van der Waals surface area contributed by atoms with E-state index in [9.17, 15) is 14.4 Å². The first-order valence-electron chi connectivity index (χ1n) is 8.12. The van der Waals surface area contributed by atoms with Gasteiger partial charge in [0.2, 0.25) is 6.79 Å². The summed E-state index contributed by atoms with van der Waals surface area (Å²) >= 11 is 6.22. The Labute approximate surface area is 164 Å². The molecule has 1 N–H and O–H groups in total. The lowest BCUT2D eigenvalue weighted by Crippen LogP contribution is -2.54. The third-order valence-corrected chi connectivity index (χ3v) is 4.55. The van der Waals surface area contributed by atoms with Gasteiger partial charge in [-0.25, -0.2) is 9.69 Å². The monoisotopic (exact) mass is 400 g/mol. The van der Waals surface area contributed by atoms with Crippen LogP contribution in [0, 0.1) is 0 Å². The number of anilines is 1. The van der Waals surface area contributed by atoms with E-state index in [1.54, 1.807) is 18.2 Å². The first-order valence-corrected chi connectivity index (χ1v) is 8.50. The minimum absolute atomic E-state index is 0.0604. The van der Waals surface area contributed by atoms with E-state index in [1.807, 2.05) is 0 Å². The molecule has 8 nitrogen and oxygen atoms in total. The lowest BCUT2D eigenvalue weighted by Gasteiger charge is -2.26. The van der Waals surface area contributed by atoms with Gasteiger partial charge in [0.05, 0.1) is 17.8 Å². The second-order valence-electron chi connectivity index (χ2n) is 5.88. The van der Waals surface area contributed by atoms with E-state index in [0.29, 0.717) is 28.5 Å². The van der Waals surface area contributed by atoms with Crippen LogP contribution in [0.1, 0.15) is 5.56 Å². The van der Waals surface area contributed by atoms with E-state index in [2.05, 4.69) is 5.32 Å². The number of hydrogen-bond acceptors (Lipinski definition) is 6. The zero-order valence-corrected chi connectivity index (χ0v) is 15.3. The smallest absolute Gasteiger partial charge is 0.335 e. The number of barbiturate groups is 1. The minimum Gasteiger partial charge on any atom is -0.497 e. The topological polar surface area (TPSA) is 94.2 Å². The van der Waals surface area contributed by atoms with Crippen molar-refractivity contribution in [3.05, 3.63) is 52.6 Å². The number of methoxy groups -OCH3 is 1. The Balaban J connectivity index is 1.72. The molecule has 0 aliphatic carbocycles. The molecular weight excluding hydrogens is 388 g/mol. The van der Waals surface area contributed by atoms with Gasteiger partial charge in [-0.3, -0.25) is 14.9 Å². The summed E-state index contributed by atoms with van der Waals surface area (Å²) in [6.45, 7) is 0.0604. The Hall–Kier alpha value is -3.52. The summed E-state index contributed by atoms with van der Waals surface area (Å²) in [6.07, 6.45) is 1.31. The van der Waals surface area contributed by atoms with Crippen molar-refractivity contribution in [3.63, 3.8) is 0 Å². The van der Waals surface area contributed by atoms with Crippen LogP contribution in [0.3, 0.4) is 0 Å². The van der Waals surface area contributed by atoms with Gasteiger partial charge in [0.25, 0.3) is 11.8 Å². The van der Waals surface area contributed by atoms with Gasteiger partial charge in [-0.2, -0.15) is 0 Å². The predicted octanol–water partition coefficient (Wildman–Crippen LogP) is 2.74. The second-order valence-corrected chi connectivity index (χ2v) is 6.29. The molecule has 2 aromatic carbocycles. The molecule has 0 bridgehead atoms. The van der Waals surface area contributed by atoms with E-state index in [1.165, 1.54) is 31.4 Å². The average molecular weight is 401 g/mol. The zero-order valence-electron chi connectivity index (χ0n) is 14.5. The maximum Gasteiger partial charge on any atom is 0.335 e. The van der Waals surface area contributed by atoms with Crippen molar-refractivity contribution >= 4 is 41.2 Å². The van der Waals surface area contributed by atoms with Crippen molar-refractivity contribution in [2.45, 2.75) is 0 Å². The molecule has 2 aromatic rings. The number of carbonyl (C=O) groups excluding carboxylic acids is 3. The summed E-state index contributed by atoms with van der Waals surface area (Å²) in [6, 6.07) is 8.54. The SMILES string of the molecule is COc1ccc(N2C(=O)NC(=O)C(=Cc3cc4c(cc3Cl)OCO4)C2=O)cc1. The predicted molar refractivity (Wildman–Crippen MR) is 99.6 cm³/mol. The van der Waals surface area contributed by atoms with Gasteiger partial charge >= 0.3 is 6.03 Å². The maximum absolute atomic E-state index is 12.9. The molecule has 4 rings (SSSR count). The fourth-order valence-electron chi connectivity index (χ4n) is 2.82. The first-order chi connectivity index (χ1) is 13.5. The number of carbonyl (C=O) groups is 3. The van der Waals surface area contributed by atoms with Crippen LogP contribution in [0.15, 0.2) is 42.0 Å². The molecule has 2 aliphatic rings. The molecule has 0 unspecified atom stereocenters. The quantitative estimate of drug-likeness (QED) is 0.629. The number of halogens is 1. The van der Waals surface area contributed by atoms with Gasteiger partial charge in [-0.15, -0.1) is 0 Å². The van der Waals surface area contributed by atoms with Crippen molar-refractivity contribution < 1.29 is 28.6 Å². The molecule has 142 valence electrons. The van der Waals surface area contributed by atoms with Gasteiger partial charge in [0.15, 0.2) is 11.5 Å². The highest BCUT2D eigenvalue weighted by Crippen LogP contribution is 2.38. The molecule has 1 fully saturated rings. The summed E-state index contributed by atoms with van der Waals surface area (Å²) in [7, 11) is 1.50. The summed E-state index contributed by atoms with van der Waals surface area (Å²) in [5, 5.41) is 2.43. The number of hydrogen-bond donors (Lipinski definition) is 1. The van der Waals surface area contributed by atoms with Crippen molar-refractivity contribution in [2.24, 2.45) is 0 Å². The van der Waals surface area contributed by atoms with Crippen molar-refractivity contribution in [1.82, 2.24) is 5.32 Å². The van der Waals surface area contributed by atoms with Crippen LogP contribution in [0.2, 0.25) is 5.02 Å². The fourth-order valence-corrected chi connectivity index (χ4v) is 3.03. The van der Waals surface area contributed by atoms with Crippen LogP contribution in [0.4, 0.5) is 10.5 Å². The highest BCUT2D eigenvalue weighted by Gasteiger charge is 2.37. The molecule has 0 radical (unpaired) electrons. The van der Waals surface area contributed by atoms with E-state index >= 15 is 0 Å². The van der Waals surface area contributed by atoms with E-state index in [-0.39, 0.29) is 17.4 Å². The lowest BCUT2D eigenvalue weighted by molar-refractivity contribution is -0.122. The zero-order chi connectivity index (χ0) is 19.8. The highest BCUT2D eigenvalue weighted by atomic mass is 35.5. The summed E-state index contributed by atoms with van der Waals surface area (Å²) < 4.78 is 15.6. The Morgan fingerprint density at radius 1 is 1.11 bits per heavy atom. The molecule has 28 heavy (non-hydrogen) atoms. The lowest BCUT2D eigenvalue weighted by atomic mass is 10.1. The molecule has 0 aromatic heterocycles. The van der Waals surface area contributed by atoms with Crippen LogP contribution in [0.5, 0.6) is 17.2 Å². The average Bonchev–Trinajstić information content (AvgIpc) is 3.12. The van der Waals surface area contributed by atoms with Gasteiger partial charge in [0.1, 0.15) is 11.3 Å². The molecule has 2 aliphatic heterocycles. The molecule has 0 saturated carbocycles. The second kappa shape index (κ2) is 6.90. The van der Waals surface area contributed by atoms with E-state index < -0.39 is 17.8 Å². The van der Waals surface area contributed by atoms with E-state index in [0.717, 1.165) is 4.90 Å². The van der Waals surface area contributed by atoms with Crippen molar-refractivity contribution in [1.29, 1.82) is 0 Å². The molecule has 4 amide bonds. The van der Waals surface area contributed by atoms with Crippen LogP contribution in [0.25, 0.3) is 6.08 Å².